The first-order chi connectivity index (χ1) is 10.1. The molecule has 0 amide bonds. The number of ether oxygens (including phenoxy) is 1. The molecule has 5 heteroatoms. The van der Waals surface area contributed by atoms with Crippen molar-refractivity contribution < 1.29 is 4.74 Å². The highest BCUT2D eigenvalue weighted by Gasteiger charge is 2.17. The normalized spacial score (nSPS) is 12.4. The number of hydrogen-bond acceptors (Lipinski definition) is 3. The smallest absolute Gasteiger partial charge is 0.125 e. The van der Waals surface area contributed by atoms with Crippen molar-refractivity contribution in [2.24, 2.45) is 0 Å². The van der Waals surface area contributed by atoms with E-state index in [0.717, 1.165) is 35.2 Å². The molecule has 21 heavy (non-hydrogen) atoms. The summed E-state index contributed by atoms with van der Waals surface area (Å²) >= 11 is 11.3. The van der Waals surface area contributed by atoms with Gasteiger partial charge in [0.25, 0.3) is 0 Å². The molecule has 1 aromatic heterocycles. The number of thiophene rings is 1. The fraction of sp³-hybridized carbons (Fsp3) is 0.375. The molecular formula is C16H19BrClNOS. The summed E-state index contributed by atoms with van der Waals surface area (Å²) in [7, 11) is 1.69. The quantitative estimate of drug-likeness (QED) is 0.680. The van der Waals surface area contributed by atoms with Crippen molar-refractivity contribution in [1.82, 2.24) is 5.32 Å². The summed E-state index contributed by atoms with van der Waals surface area (Å²) in [4.78, 5) is 1.34. The van der Waals surface area contributed by atoms with Crippen LogP contribution < -0.4 is 10.1 Å². The van der Waals surface area contributed by atoms with Crippen molar-refractivity contribution in [1.29, 1.82) is 0 Å². The van der Waals surface area contributed by atoms with Crippen LogP contribution in [-0.2, 0) is 6.42 Å². The number of nitrogens with one attached hydrogen (secondary N) is 1. The van der Waals surface area contributed by atoms with Crippen LogP contribution in [0.3, 0.4) is 0 Å². The van der Waals surface area contributed by atoms with Gasteiger partial charge in [0.2, 0.25) is 0 Å². The average Bonchev–Trinajstić information content (AvgIpc) is 2.88. The topological polar surface area (TPSA) is 21.3 Å². The fourth-order valence-electron chi connectivity index (χ4n) is 2.25. The molecule has 114 valence electrons. The first kappa shape index (κ1) is 16.8. The van der Waals surface area contributed by atoms with Gasteiger partial charge in [-0.3, -0.25) is 0 Å². The Morgan fingerprint density at radius 3 is 2.81 bits per heavy atom. The van der Waals surface area contributed by atoms with Crippen molar-refractivity contribution >= 4 is 38.9 Å². The Bertz CT molecular complexity index is 587. The monoisotopic (exact) mass is 387 g/mol. The van der Waals surface area contributed by atoms with Crippen molar-refractivity contribution in [3.05, 3.63) is 49.6 Å². The van der Waals surface area contributed by atoms with Gasteiger partial charge in [-0.15, -0.1) is 11.3 Å². The van der Waals surface area contributed by atoms with Crippen LogP contribution in [0.15, 0.2) is 34.1 Å². The largest absolute Gasteiger partial charge is 0.496 e. The number of methoxy groups -OCH3 is 1. The average molecular weight is 389 g/mol. The van der Waals surface area contributed by atoms with Crippen molar-refractivity contribution in [3.8, 4) is 5.75 Å². The standard InChI is InChI=1S/C16H19BrClNOS/c1-3-6-19-15(9-13-7-11(17)10-21-13)14-5-4-12(18)8-16(14)20-2/h4-5,7-8,10,15,19H,3,6,9H2,1-2H3. The Kier molecular flexibility index (Phi) is 6.55. The second kappa shape index (κ2) is 8.18. The Morgan fingerprint density at radius 2 is 2.19 bits per heavy atom. The van der Waals surface area contributed by atoms with Gasteiger partial charge < -0.3 is 10.1 Å². The van der Waals surface area contributed by atoms with E-state index >= 15 is 0 Å². The van der Waals surface area contributed by atoms with Gasteiger partial charge in [-0.1, -0.05) is 24.6 Å². The third-order valence-corrected chi connectivity index (χ3v) is 5.19. The maximum atomic E-state index is 6.06. The van der Waals surface area contributed by atoms with Crippen LogP contribution in [0.5, 0.6) is 5.75 Å². The zero-order valence-electron chi connectivity index (χ0n) is 12.2. The SMILES string of the molecule is CCCNC(Cc1cc(Br)cs1)c1ccc(Cl)cc1OC. The number of halogens is 2. The minimum Gasteiger partial charge on any atom is -0.496 e. The highest BCUT2D eigenvalue weighted by molar-refractivity contribution is 9.10. The van der Waals surface area contributed by atoms with Gasteiger partial charge in [-0.25, -0.2) is 0 Å². The van der Waals surface area contributed by atoms with E-state index in [1.54, 1.807) is 18.4 Å². The molecule has 1 aromatic carbocycles. The van der Waals surface area contributed by atoms with E-state index in [1.807, 2.05) is 12.1 Å². The molecule has 0 spiro atoms. The first-order valence-corrected chi connectivity index (χ1v) is 8.98. The van der Waals surface area contributed by atoms with Crippen LogP contribution in [0.2, 0.25) is 5.02 Å². The van der Waals surface area contributed by atoms with E-state index in [1.165, 1.54) is 4.88 Å². The van der Waals surface area contributed by atoms with Crippen molar-refractivity contribution in [2.45, 2.75) is 25.8 Å². The second-order valence-corrected chi connectivity index (χ2v) is 7.18. The lowest BCUT2D eigenvalue weighted by atomic mass is 10.0. The molecule has 2 rings (SSSR count). The van der Waals surface area contributed by atoms with E-state index in [4.69, 9.17) is 16.3 Å². The molecule has 0 aliphatic rings. The van der Waals surface area contributed by atoms with Crippen LogP contribution >= 0.6 is 38.9 Å². The molecule has 0 bridgehead atoms. The molecule has 0 fully saturated rings. The maximum Gasteiger partial charge on any atom is 0.125 e. The minimum absolute atomic E-state index is 0.225. The third-order valence-electron chi connectivity index (χ3n) is 3.24. The molecule has 0 saturated heterocycles. The van der Waals surface area contributed by atoms with Gasteiger partial charge in [0.15, 0.2) is 0 Å². The summed E-state index contributed by atoms with van der Waals surface area (Å²) < 4.78 is 6.64. The zero-order chi connectivity index (χ0) is 15.2. The highest BCUT2D eigenvalue weighted by Crippen LogP contribution is 2.32. The molecule has 0 aliphatic carbocycles. The van der Waals surface area contributed by atoms with Crippen LogP contribution in [0.1, 0.15) is 29.8 Å². The molecular weight excluding hydrogens is 370 g/mol. The fourth-order valence-corrected chi connectivity index (χ4v) is 3.91. The van der Waals surface area contributed by atoms with Gasteiger partial charge in [-0.2, -0.15) is 0 Å². The van der Waals surface area contributed by atoms with E-state index < -0.39 is 0 Å². The van der Waals surface area contributed by atoms with E-state index in [-0.39, 0.29) is 6.04 Å². The summed E-state index contributed by atoms with van der Waals surface area (Å²) in [6, 6.07) is 8.25. The van der Waals surface area contributed by atoms with Crippen LogP contribution in [-0.4, -0.2) is 13.7 Å². The van der Waals surface area contributed by atoms with E-state index in [0.29, 0.717) is 5.02 Å². The van der Waals surface area contributed by atoms with Crippen molar-refractivity contribution in [3.63, 3.8) is 0 Å². The van der Waals surface area contributed by atoms with Crippen LogP contribution in [0.25, 0.3) is 0 Å². The van der Waals surface area contributed by atoms with Gasteiger partial charge in [0.05, 0.1) is 7.11 Å². The highest BCUT2D eigenvalue weighted by atomic mass is 79.9. The Labute approximate surface area is 143 Å². The van der Waals surface area contributed by atoms with Crippen LogP contribution in [0.4, 0.5) is 0 Å². The second-order valence-electron chi connectivity index (χ2n) is 4.83. The zero-order valence-corrected chi connectivity index (χ0v) is 15.3. The Hall–Kier alpha value is -0.550. The lowest BCUT2D eigenvalue weighted by Crippen LogP contribution is -2.24. The van der Waals surface area contributed by atoms with Crippen LogP contribution in [0, 0.1) is 0 Å². The molecule has 0 saturated carbocycles. The molecule has 1 atom stereocenters. The number of rotatable bonds is 7. The molecule has 1 heterocycles. The summed E-state index contributed by atoms with van der Waals surface area (Å²) in [6.45, 7) is 3.15. The van der Waals surface area contributed by atoms with Gasteiger partial charge >= 0.3 is 0 Å². The summed E-state index contributed by atoms with van der Waals surface area (Å²) in [5.41, 5.74) is 1.15. The molecule has 1 N–H and O–H groups in total. The van der Waals surface area contributed by atoms with Gasteiger partial charge in [0, 0.05) is 37.8 Å². The predicted molar refractivity (Wildman–Crippen MR) is 94.8 cm³/mol. The molecule has 2 aromatic rings. The van der Waals surface area contributed by atoms with Gasteiger partial charge in [0.1, 0.15) is 5.75 Å². The van der Waals surface area contributed by atoms with E-state index in [9.17, 15) is 0 Å². The predicted octanol–water partition coefficient (Wildman–Crippen LogP) is 5.46. The van der Waals surface area contributed by atoms with Crippen molar-refractivity contribution in [2.75, 3.05) is 13.7 Å². The summed E-state index contributed by atoms with van der Waals surface area (Å²) in [6.07, 6.45) is 2.04. The third kappa shape index (κ3) is 4.71. The lowest BCUT2D eigenvalue weighted by molar-refractivity contribution is 0.398. The number of benzene rings is 1. The summed E-state index contributed by atoms with van der Waals surface area (Å²) in [5, 5.41) is 6.42. The first-order valence-electron chi connectivity index (χ1n) is 6.93. The summed E-state index contributed by atoms with van der Waals surface area (Å²) in [5.74, 6) is 0.840. The maximum absolute atomic E-state index is 6.06. The Morgan fingerprint density at radius 1 is 1.38 bits per heavy atom. The number of hydrogen-bond donors (Lipinski definition) is 1. The van der Waals surface area contributed by atoms with E-state index in [2.05, 4.69) is 45.7 Å². The molecule has 1 unspecified atom stereocenters. The Balaban J connectivity index is 2.26. The minimum atomic E-state index is 0.225. The molecule has 0 radical (unpaired) electrons. The molecule has 0 aliphatic heterocycles. The van der Waals surface area contributed by atoms with Gasteiger partial charge in [-0.05, 0) is 47.1 Å². The lowest BCUT2D eigenvalue weighted by Gasteiger charge is -2.21. The molecule has 2 nitrogen and oxygen atoms in total.